The van der Waals surface area contributed by atoms with Gasteiger partial charge in [-0.25, -0.2) is 9.07 Å². The van der Waals surface area contributed by atoms with Gasteiger partial charge in [0.1, 0.15) is 5.82 Å². The lowest BCUT2D eigenvalue weighted by Gasteiger charge is -2.12. The average Bonchev–Trinajstić information content (AvgIpc) is 3.26. The minimum absolute atomic E-state index is 0.140. The fraction of sp³-hybridized carbons (Fsp3) is 0.286. The summed E-state index contributed by atoms with van der Waals surface area (Å²) in [6, 6.07) is 14.5. The Bertz CT molecular complexity index is 1360. The van der Waals surface area contributed by atoms with Gasteiger partial charge in [-0.15, -0.1) is 0 Å². The summed E-state index contributed by atoms with van der Waals surface area (Å²) in [7, 11) is 0. The standard InChI is InChI=1S/C28H29FN4O5/c1-17(2)26-24(11-10-22(34)13-23(35)14-25(36)37)33(21-8-6-20(29)7-9-21)32-27(26)28(38)31-16-19-5-3-4-18(12-19)15-30/h3-12,17,22-23,34-35H,13-14,16H2,1-2H3,(H,31,38)(H,36,37)/t22-,23+/m0/s1. The van der Waals surface area contributed by atoms with Crippen LogP contribution < -0.4 is 5.32 Å². The van der Waals surface area contributed by atoms with Crippen molar-refractivity contribution >= 4 is 18.0 Å². The lowest BCUT2D eigenvalue weighted by Crippen LogP contribution is -2.24. The molecule has 0 spiro atoms. The molecule has 10 heteroatoms. The van der Waals surface area contributed by atoms with Gasteiger partial charge in [-0.2, -0.15) is 10.4 Å². The number of aliphatic hydroxyl groups excluding tert-OH is 2. The number of benzene rings is 2. The summed E-state index contributed by atoms with van der Waals surface area (Å²) in [4.78, 5) is 24.1. The first-order valence-corrected chi connectivity index (χ1v) is 12.0. The molecule has 0 unspecified atom stereocenters. The van der Waals surface area contributed by atoms with Crippen molar-refractivity contribution in [3.8, 4) is 11.8 Å². The Kier molecular flexibility index (Phi) is 9.49. The molecule has 0 saturated carbocycles. The van der Waals surface area contributed by atoms with Gasteiger partial charge in [0.25, 0.3) is 5.91 Å². The number of aromatic nitrogens is 2. The highest BCUT2D eigenvalue weighted by Gasteiger charge is 2.25. The van der Waals surface area contributed by atoms with Crippen molar-refractivity contribution in [2.75, 3.05) is 0 Å². The van der Waals surface area contributed by atoms with Crippen LogP contribution in [-0.2, 0) is 11.3 Å². The SMILES string of the molecule is CC(C)c1c(C(=O)NCc2cccc(C#N)c2)nn(-c2ccc(F)cc2)c1C=C[C@H](O)C[C@@H](O)CC(=O)O. The fourth-order valence-electron chi connectivity index (χ4n) is 3.98. The summed E-state index contributed by atoms with van der Waals surface area (Å²) < 4.78 is 15.1. The molecule has 0 aliphatic rings. The van der Waals surface area contributed by atoms with E-state index in [1.165, 1.54) is 35.0 Å². The number of carbonyl (C=O) groups is 2. The van der Waals surface area contributed by atoms with Gasteiger partial charge in [-0.1, -0.05) is 32.1 Å². The van der Waals surface area contributed by atoms with Crippen LogP contribution in [0.3, 0.4) is 0 Å². The minimum atomic E-state index is -1.24. The number of aliphatic hydroxyl groups is 2. The van der Waals surface area contributed by atoms with Crippen LogP contribution in [0.2, 0.25) is 0 Å². The first-order chi connectivity index (χ1) is 18.1. The first kappa shape index (κ1) is 28.2. The van der Waals surface area contributed by atoms with Crippen molar-refractivity contribution in [1.29, 1.82) is 5.26 Å². The molecular weight excluding hydrogens is 491 g/mol. The summed E-state index contributed by atoms with van der Waals surface area (Å²) in [5.41, 5.74) is 2.88. The molecule has 0 fully saturated rings. The Morgan fingerprint density at radius 1 is 1.18 bits per heavy atom. The number of nitriles is 1. The zero-order valence-corrected chi connectivity index (χ0v) is 21.0. The van der Waals surface area contributed by atoms with E-state index in [0.29, 0.717) is 22.5 Å². The van der Waals surface area contributed by atoms with Gasteiger partial charge in [0.05, 0.1) is 41.6 Å². The predicted octanol–water partition coefficient (Wildman–Crippen LogP) is 3.54. The van der Waals surface area contributed by atoms with Gasteiger partial charge in [0.15, 0.2) is 5.69 Å². The number of nitrogens with one attached hydrogen (secondary N) is 1. The lowest BCUT2D eigenvalue weighted by atomic mass is 9.98. The molecule has 3 aromatic rings. The van der Waals surface area contributed by atoms with E-state index in [-0.39, 0.29) is 24.6 Å². The van der Waals surface area contributed by atoms with Gasteiger partial charge < -0.3 is 20.6 Å². The number of carboxylic acids is 1. The fourth-order valence-corrected chi connectivity index (χ4v) is 3.98. The third kappa shape index (κ3) is 7.35. The second-order valence-corrected chi connectivity index (χ2v) is 9.10. The van der Waals surface area contributed by atoms with Crippen LogP contribution in [0.15, 0.2) is 54.6 Å². The summed E-state index contributed by atoms with van der Waals surface area (Å²) in [5, 5.41) is 45.5. The Labute approximate surface area is 219 Å². The molecule has 2 atom stereocenters. The molecule has 2 aromatic carbocycles. The number of hydrogen-bond donors (Lipinski definition) is 4. The molecule has 38 heavy (non-hydrogen) atoms. The van der Waals surface area contributed by atoms with Crippen molar-refractivity contribution < 1.29 is 29.3 Å². The summed E-state index contributed by atoms with van der Waals surface area (Å²) in [6.07, 6.45) is -0.151. The number of amides is 1. The van der Waals surface area contributed by atoms with Gasteiger partial charge in [-0.3, -0.25) is 9.59 Å². The number of carbonyl (C=O) groups excluding carboxylic acids is 1. The zero-order valence-electron chi connectivity index (χ0n) is 21.0. The largest absolute Gasteiger partial charge is 0.481 e. The molecule has 0 radical (unpaired) electrons. The second-order valence-electron chi connectivity index (χ2n) is 9.10. The highest BCUT2D eigenvalue weighted by Crippen LogP contribution is 2.28. The average molecular weight is 521 g/mol. The molecular formula is C28H29FN4O5. The van der Waals surface area contributed by atoms with Gasteiger partial charge in [0.2, 0.25) is 0 Å². The van der Waals surface area contributed by atoms with Gasteiger partial charge in [-0.05, 0) is 54.0 Å². The van der Waals surface area contributed by atoms with Crippen molar-refractivity contribution in [3.05, 3.63) is 88.5 Å². The van der Waals surface area contributed by atoms with Crippen molar-refractivity contribution in [1.82, 2.24) is 15.1 Å². The highest BCUT2D eigenvalue weighted by molar-refractivity contribution is 5.95. The Hall–Kier alpha value is -4.33. The summed E-state index contributed by atoms with van der Waals surface area (Å²) >= 11 is 0. The second kappa shape index (κ2) is 12.8. The quantitative estimate of drug-likeness (QED) is 0.302. The number of aliphatic carboxylic acids is 1. The third-order valence-electron chi connectivity index (χ3n) is 5.73. The molecule has 9 nitrogen and oxygen atoms in total. The molecule has 4 N–H and O–H groups in total. The van der Waals surface area contributed by atoms with Crippen LogP contribution in [0.5, 0.6) is 0 Å². The van der Waals surface area contributed by atoms with E-state index in [1.54, 1.807) is 30.3 Å². The maximum atomic E-state index is 13.6. The monoisotopic (exact) mass is 520 g/mol. The minimum Gasteiger partial charge on any atom is -0.481 e. The summed E-state index contributed by atoms with van der Waals surface area (Å²) in [6.45, 7) is 3.92. The van der Waals surface area contributed by atoms with E-state index in [1.807, 2.05) is 13.8 Å². The molecule has 0 saturated heterocycles. The summed E-state index contributed by atoms with van der Waals surface area (Å²) in [5.74, 6) is -2.26. The van der Waals surface area contributed by atoms with Crippen LogP contribution in [0, 0.1) is 17.1 Å². The molecule has 3 rings (SSSR count). The predicted molar refractivity (Wildman–Crippen MR) is 138 cm³/mol. The smallest absolute Gasteiger partial charge is 0.305 e. The Morgan fingerprint density at radius 2 is 1.89 bits per heavy atom. The van der Waals surface area contributed by atoms with E-state index < -0.39 is 36.3 Å². The topological polar surface area (TPSA) is 148 Å². The first-order valence-electron chi connectivity index (χ1n) is 12.0. The third-order valence-corrected chi connectivity index (χ3v) is 5.73. The number of halogens is 1. The van der Waals surface area contributed by atoms with Gasteiger partial charge in [0, 0.05) is 18.5 Å². The maximum Gasteiger partial charge on any atom is 0.305 e. The Balaban J connectivity index is 1.97. The number of hydrogen-bond acceptors (Lipinski definition) is 6. The van der Waals surface area contributed by atoms with E-state index in [4.69, 9.17) is 10.4 Å². The normalized spacial score (nSPS) is 12.9. The number of nitrogens with zero attached hydrogens (tertiary/aromatic N) is 3. The van der Waals surface area contributed by atoms with E-state index in [9.17, 15) is 24.2 Å². The number of rotatable bonds is 11. The van der Waals surface area contributed by atoms with Crippen molar-refractivity contribution in [2.45, 2.75) is 51.4 Å². The van der Waals surface area contributed by atoms with Crippen LogP contribution in [-0.4, -0.2) is 49.2 Å². The zero-order chi connectivity index (χ0) is 27.8. The number of carboxylic acid groups (broad SMARTS) is 1. The van der Waals surface area contributed by atoms with Crippen LogP contribution in [0.25, 0.3) is 11.8 Å². The highest BCUT2D eigenvalue weighted by atomic mass is 19.1. The molecule has 0 aliphatic carbocycles. The van der Waals surface area contributed by atoms with Crippen LogP contribution in [0.4, 0.5) is 4.39 Å². The maximum absolute atomic E-state index is 13.6. The van der Waals surface area contributed by atoms with Crippen LogP contribution >= 0.6 is 0 Å². The molecule has 1 amide bonds. The molecule has 0 aliphatic heterocycles. The van der Waals surface area contributed by atoms with Crippen molar-refractivity contribution in [2.24, 2.45) is 0 Å². The van der Waals surface area contributed by atoms with E-state index in [0.717, 1.165) is 5.56 Å². The van der Waals surface area contributed by atoms with Crippen molar-refractivity contribution in [3.63, 3.8) is 0 Å². The molecule has 0 bridgehead atoms. The van der Waals surface area contributed by atoms with E-state index >= 15 is 0 Å². The van der Waals surface area contributed by atoms with E-state index in [2.05, 4.69) is 16.5 Å². The Morgan fingerprint density at radius 3 is 2.53 bits per heavy atom. The molecule has 1 heterocycles. The molecule has 198 valence electrons. The molecule has 1 aromatic heterocycles. The lowest BCUT2D eigenvalue weighted by molar-refractivity contribution is -0.139. The van der Waals surface area contributed by atoms with Gasteiger partial charge >= 0.3 is 5.97 Å². The van der Waals surface area contributed by atoms with Crippen LogP contribution in [0.1, 0.15) is 65.5 Å².